The molecule has 1 aliphatic carbocycles. The number of hydrogen-bond acceptors (Lipinski definition) is 2. The molecule has 0 unspecified atom stereocenters. The monoisotopic (exact) mass is 338 g/mol. The van der Waals surface area contributed by atoms with Gasteiger partial charge in [-0.3, -0.25) is 0 Å². The summed E-state index contributed by atoms with van der Waals surface area (Å²) in [6.45, 7) is 0.275. The van der Waals surface area contributed by atoms with E-state index in [4.69, 9.17) is 4.74 Å². The molecule has 2 heteroatoms. The molecular formula is C24H18O2. The van der Waals surface area contributed by atoms with Gasteiger partial charge in [0, 0.05) is 0 Å². The van der Waals surface area contributed by atoms with Crippen LogP contribution in [-0.2, 0) is 16.1 Å². The lowest BCUT2D eigenvalue weighted by molar-refractivity contribution is -0.137. The molecule has 4 rings (SSSR count). The van der Waals surface area contributed by atoms with Crippen LogP contribution in [0.2, 0.25) is 0 Å². The Morgan fingerprint density at radius 2 is 1.38 bits per heavy atom. The van der Waals surface area contributed by atoms with Crippen LogP contribution < -0.4 is 0 Å². The number of fused-ring (bicyclic) bond motifs is 1. The molecule has 0 spiro atoms. The van der Waals surface area contributed by atoms with E-state index in [1.54, 1.807) is 0 Å². The van der Waals surface area contributed by atoms with Gasteiger partial charge in [0.1, 0.15) is 6.61 Å². The van der Waals surface area contributed by atoms with Gasteiger partial charge in [-0.05, 0) is 40.0 Å². The van der Waals surface area contributed by atoms with E-state index in [1.807, 2.05) is 78.9 Å². The van der Waals surface area contributed by atoms with Crippen LogP contribution in [0.5, 0.6) is 0 Å². The van der Waals surface area contributed by atoms with Gasteiger partial charge in [-0.15, -0.1) is 0 Å². The summed E-state index contributed by atoms with van der Waals surface area (Å²) in [4.78, 5) is 12.7. The zero-order valence-electron chi connectivity index (χ0n) is 14.3. The molecule has 0 radical (unpaired) electrons. The van der Waals surface area contributed by atoms with Crippen molar-refractivity contribution in [1.82, 2.24) is 0 Å². The number of esters is 1. The third-order valence-corrected chi connectivity index (χ3v) is 4.38. The predicted molar refractivity (Wildman–Crippen MR) is 105 cm³/mol. The van der Waals surface area contributed by atoms with E-state index in [9.17, 15) is 4.79 Å². The molecule has 26 heavy (non-hydrogen) atoms. The molecule has 3 aromatic carbocycles. The number of rotatable bonds is 4. The minimum atomic E-state index is -0.294. The molecule has 0 atom stereocenters. The van der Waals surface area contributed by atoms with Crippen LogP contribution in [0.15, 0.2) is 91.0 Å². The zero-order chi connectivity index (χ0) is 17.8. The molecular weight excluding hydrogens is 320 g/mol. The van der Waals surface area contributed by atoms with E-state index in [-0.39, 0.29) is 12.6 Å². The predicted octanol–water partition coefficient (Wildman–Crippen LogP) is 5.37. The van der Waals surface area contributed by atoms with Crippen molar-refractivity contribution in [1.29, 1.82) is 0 Å². The molecule has 3 aromatic rings. The van der Waals surface area contributed by atoms with Crippen LogP contribution >= 0.6 is 0 Å². The van der Waals surface area contributed by atoms with Gasteiger partial charge in [0.15, 0.2) is 0 Å². The van der Waals surface area contributed by atoms with Gasteiger partial charge in [-0.25, -0.2) is 4.79 Å². The molecule has 0 bridgehead atoms. The summed E-state index contributed by atoms with van der Waals surface area (Å²) < 4.78 is 5.53. The van der Waals surface area contributed by atoms with Crippen molar-refractivity contribution < 1.29 is 9.53 Å². The highest BCUT2D eigenvalue weighted by molar-refractivity contribution is 6.24. The van der Waals surface area contributed by atoms with Gasteiger partial charge in [-0.2, -0.15) is 0 Å². The lowest BCUT2D eigenvalue weighted by Crippen LogP contribution is -2.06. The Hall–Kier alpha value is -3.39. The SMILES string of the molecule is O=C(OCc1ccccc1)C1=C/C(=C\c2ccccc2)c2ccccc21. The Balaban J connectivity index is 1.62. The molecule has 2 nitrogen and oxygen atoms in total. The second-order valence-electron chi connectivity index (χ2n) is 6.18. The van der Waals surface area contributed by atoms with Crippen molar-refractivity contribution in [3.05, 3.63) is 113 Å². The molecule has 0 amide bonds. The topological polar surface area (TPSA) is 26.3 Å². The second kappa shape index (κ2) is 7.24. The quantitative estimate of drug-likeness (QED) is 0.598. The summed E-state index contributed by atoms with van der Waals surface area (Å²) in [5.74, 6) is -0.294. The summed E-state index contributed by atoms with van der Waals surface area (Å²) in [5, 5.41) is 0. The van der Waals surface area contributed by atoms with Gasteiger partial charge in [0.05, 0.1) is 5.57 Å². The Morgan fingerprint density at radius 3 is 2.12 bits per heavy atom. The normalized spacial score (nSPS) is 14.0. The first-order valence-electron chi connectivity index (χ1n) is 8.60. The van der Waals surface area contributed by atoms with Crippen LogP contribution in [0.25, 0.3) is 17.2 Å². The Bertz CT molecular complexity index is 983. The number of benzene rings is 3. The summed E-state index contributed by atoms with van der Waals surface area (Å²) in [6.07, 6.45) is 4.02. The average Bonchev–Trinajstić information content (AvgIpc) is 3.06. The lowest BCUT2D eigenvalue weighted by atomic mass is 10.0. The largest absolute Gasteiger partial charge is 0.457 e. The fourth-order valence-corrected chi connectivity index (χ4v) is 3.10. The van der Waals surface area contributed by atoms with Crippen molar-refractivity contribution in [2.75, 3.05) is 0 Å². The third-order valence-electron chi connectivity index (χ3n) is 4.38. The molecule has 0 aromatic heterocycles. The van der Waals surface area contributed by atoms with Crippen LogP contribution in [0.1, 0.15) is 22.3 Å². The zero-order valence-corrected chi connectivity index (χ0v) is 14.3. The van der Waals surface area contributed by atoms with Gasteiger partial charge < -0.3 is 4.74 Å². The first-order valence-corrected chi connectivity index (χ1v) is 8.60. The third kappa shape index (κ3) is 3.35. The molecule has 0 saturated carbocycles. The summed E-state index contributed by atoms with van der Waals surface area (Å²) >= 11 is 0. The maximum absolute atomic E-state index is 12.7. The standard InChI is InChI=1S/C24H18O2/c25-24(26-17-19-11-5-2-6-12-19)23-16-20(15-18-9-3-1-4-10-18)21-13-7-8-14-22(21)23/h1-16H,17H2/b20-15+. The summed E-state index contributed by atoms with van der Waals surface area (Å²) in [7, 11) is 0. The average molecular weight is 338 g/mol. The van der Waals surface area contributed by atoms with Crippen LogP contribution in [0.4, 0.5) is 0 Å². The maximum Gasteiger partial charge on any atom is 0.339 e. The maximum atomic E-state index is 12.7. The Morgan fingerprint density at radius 1 is 0.769 bits per heavy atom. The van der Waals surface area contributed by atoms with Crippen molar-refractivity contribution in [2.24, 2.45) is 0 Å². The van der Waals surface area contributed by atoms with Crippen LogP contribution in [0.3, 0.4) is 0 Å². The van der Waals surface area contributed by atoms with E-state index >= 15 is 0 Å². The number of ether oxygens (including phenoxy) is 1. The van der Waals surface area contributed by atoms with Gasteiger partial charge in [-0.1, -0.05) is 84.9 Å². The minimum Gasteiger partial charge on any atom is -0.457 e. The Kier molecular flexibility index (Phi) is 4.48. The fourth-order valence-electron chi connectivity index (χ4n) is 3.10. The van der Waals surface area contributed by atoms with E-state index < -0.39 is 0 Å². The molecule has 0 heterocycles. The van der Waals surface area contributed by atoms with Crippen LogP contribution in [0, 0.1) is 0 Å². The van der Waals surface area contributed by atoms with E-state index in [1.165, 1.54) is 0 Å². The first-order chi connectivity index (χ1) is 12.8. The van der Waals surface area contributed by atoms with Crippen molar-refractivity contribution in [3.63, 3.8) is 0 Å². The van der Waals surface area contributed by atoms with Crippen molar-refractivity contribution in [2.45, 2.75) is 6.61 Å². The van der Waals surface area contributed by atoms with Crippen molar-refractivity contribution >= 4 is 23.2 Å². The van der Waals surface area contributed by atoms with Gasteiger partial charge in [0.2, 0.25) is 0 Å². The summed E-state index contributed by atoms with van der Waals surface area (Å²) in [5.41, 5.74) is 5.70. The minimum absolute atomic E-state index is 0.275. The lowest BCUT2D eigenvalue weighted by Gasteiger charge is -2.07. The van der Waals surface area contributed by atoms with Gasteiger partial charge in [0.25, 0.3) is 0 Å². The number of carbonyl (C=O) groups is 1. The molecule has 0 N–H and O–H groups in total. The molecule has 0 saturated heterocycles. The van der Waals surface area contributed by atoms with Crippen LogP contribution in [-0.4, -0.2) is 5.97 Å². The van der Waals surface area contributed by atoms with Crippen molar-refractivity contribution in [3.8, 4) is 0 Å². The summed E-state index contributed by atoms with van der Waals surface area (Å²) in [6, 6.07) is 27.8. The fraction of sp³-hybridized carbons (Fsp3) is 0.0417. The van der Waals surface area contributed by atoms with E-state index in [0.29, 0.717) is 5.57 Å². The molecule has 1 aliphatic rings. The first kappa shape index (κ1) is 16.1. The smallest absolute Gasteiger partial charge is 0.339 e. The highest BCUT2D eigenvalue weighted by atomic mass is 16.5. The second-order valence-corrected chi connectivity index (χ2v) is 6.18. The molecule has 0 aliphatic heterocycles. The Labute approximate surface area is 153 Å². The highest BCUT2D eigenvalue weighted by Gasteiger charge is 2.24. The number of carbonyl (C=O) groups excluding carboxylic acids is 1. The number of hydrogen-bond donors (Lipinski definition) is 0. The van der Waals surface area contributed by atoms with Gasteiger partial charge >= 0.3 is 5.97 Å². The molecule has 126 valence electrons. The van der Waals surface area contributed by atoms with E-state index in [2.05, 4.69) is 18.2 Å². The molecule has 0 fully saturated rings. The van der Waals surface area contributed by atoms with E-state index in [0.717, 1.165) is 27.8 Å². The highest BCUT2D eigenvalue weighted by Crippen LogP contribution is 2.37. The number of allylic oxidation sites excluding steroid dienone is 2.